The third-order valence-corrected chi connectivity index (χ3v) is 3.10. The number of halogens is 1. The molecular weight excluding hydrogens is 375 g/mol. The van der Waals surface area contributed by atoms with Gasteiger partial charge in [-0.3, -0.25) is 4.79 Å². The van der Waals surface area contributed by atoms with Crippen molar-refractivity contribution in [1.82, 2.24) is 0 Å². The molecule has 0 aliphatic carbocycles. The molecule has 21 heavy (non-hydrogen) atoms. The van der Waals surface area contributed by atoms with Crippen LogP contribution < -0.4 is 4.74 Å². The number of rotatable bonds is 6. The quantitative estimate of drug-likeness (QED) is 0.238. The summed E-state index contributed by atoms with van der Waals surface area (Å²) < 4.78 is 7.93. The van der Waals surface area contributed by atoms with Crippen molar-refractivity contribution in [2.24, 2.45) is 0 Å². The van der Waals surface area contributed by atoms with Gasteiger partial charge in [-0.1, -0.05) is 29.9 Å². The Hall–Kier alpha value is -1.72. The SMILES string of the molecule is COc1ccc(/C=C(/C#CCCCCC#CI)C=O)cc1. The second-order valence-electron chi connectivity index (χ2n) is 4.27. The van der Waals surface area contributed by atoms with E-state index in [2.05, 4.69) is 21.7 Å². The topological polar surface area (TPSA) is 26.3 Å². The summed E-state index contributed by atoms with van der Waals surface area (Å²) in [6.45, 7) is 0. The van der Waals surface area contributed by atoms with Crippen LogP contribution in [0.3, 0.4) is 0 Å². The zero-order chi connectivity index (χ0) is 15.3. The van der Waals surface area contributed by atoms with Crippen molar-refractivity contribution in [1.29, 1.82) is 0 Å². The number of hydrogen-bond acceptors (Lipinski definition) is 2. The van der Waals surface area contributed by atoms with Gasteiger partial charge in [-0.25, -0.2) is 0 Å². The van der Waals surface area contributed by atoms with Crippen molar-refractivity contribution in [2.75, 3.05) is 7.11 Å². The molecule has 0 aliphatic heterocycles. The van der Waals surface area contributed by atoms with Gasteiger partial charge in [0.2, 0.25) is 0 Å². The van der Waals surface area contributed by atoms with Gasteiger partial charge in [0.1, 0.15) is 5.75 Å². The van der Waals surface area contributed by atoms with E-state index in [4.69, 9.17) is 4.74 Å². The van der Waals surface area contributed by atoms with Crippen molar-refractivity contribution in [3.05, 3.63) is 35.4 Å². The van der Waals surface area contributed by atoms with Gasteiger partial charge in [0.25, 0.3) is 0 Å². The van der Waals surface area contributed by atoms with Crippen molar-refractivity contribution in [3.63, 3.8) is 0 Å². The molecule has 0 atom stereocenters. The highest BCUT2D eigenvalue weighted by Gasteiger charge is 1.94. The molecular formula is C18H17IO2. The summed E-state index contributed by atoms with van der Waals surface area (Å²) in [4.78, 5) is 11.0. The predicted molar refractivity (Wildman–Crippen MR) is 95.1 cm³/mol. The minimum absolute atomic E-state index is 0.493. The lowest BCUT2D eigenvalue weighted by Crippen LogP contribution is -1.84. The Kier molecular flexibility index (Phi) is 9.08. The second-order valence-corrected chi connectivity index (χ2v) is 4.81. The van der Waals surface area contributed by atoms with E-state index < -0.39 is 0 Å². The molecule has 108 valence electrons. The smallest absolute Gasteiger partial charge is 0.158 e. The maximum Gasteiger partial charge on any atom is 0.158 e. The fourth-order valence-electron chi connectivity index (χ4n) is 1.62. The number of allylic oxidation sites excluding steroid dienone is 1. The third-order valence-electron chi connectivity index (χ3n) is 2.72. The fraction of sp³-hybridized carbons (Fsp3) is 0.278. The Balaban J connectivity index is 2.54. The van der Waals surface area contributed by atoms with Gasteiger partial charge in [0, 0.05) is 35.4 Å². The minimum atomic E-state index is 0.493. The van der Waals surface area contributed by atoms with Crippen LogP contribution in [-0.4, -0.2) is 13.4 Å². The van der Waals surface area contributed by atoms with Gasteiger partial charge in [-0.2, -0.15) is 0 Å². The van der Waals surface area contributed by atoms with Crippen LogP contribution in [0.4, 0.5) is 0 Å². The number of aldehydes is 1. The fourth-order valence-corrected chi connectivity index (χ4v) is 1.89. The molecule has 0 saturated carbocycles. The van der Waals surface area contributed by atoms with Gasteiger partial charge < -0.3 is 4.74 Å². The molecule has 3 heteroatoms. The van der Waals surface area contributed by atoms with E-state index in [9.17, 15) is 4.79 Å². The number of carbonyl (C=O) groups is 1. The van der Waals surface area contributed by atoms with Crippen molar-refractivity contribution in [2.45, 2.75) is 25.7 Å². The molecule has 1 rings (SSSR count). The van der Waals surface area contributed by atoms with Crippen LogP contribution in [0.5, 0.6) is 5.75 Å². The summed E-state index contributed by atoms with van der Waals surface area (Å²) in [6, 6.07) is 7.51. The standard InChI is InChI=1S/C18H17IO2/c1-21-18-11-9-16(10-12-18)14-17(15-20)8-6-4-2-3-5-7-13-19/h9-12,14-15H,2-5H2,1H3/b17-14-. The van der Waals surface area contributed by atoms with Gasteiger partial charge in [0.15, 0.2) is 6.29 Å². The maximum atomic E-state index is 11.0. The van der Waals surface area contributed by atoms with Gasteiger partial charge in [-0.05, 0) is 40.5 Å². The van der Waals surface area contributed by atoms with Crippen molar-refractivity contribution < 1.29 is 9.53 Å². The van der Waals surface area contributed by atoms with Gasteiger partial charge in [0.05, 0.1) is 12.7 Å². The van der Waals surface area contributed by atoms with Gasteiger partial charge in [-0.15, -0.1) is 0 Å². The van der Waals surface area contributed by atoms with Crippen LogP contribution in [-0.2, 0) is 4.79 Å². The van der Waals surface area contributed by atoms with Crippen molar-refractivity contribution in [3.8, 4) is 27.4 Å². The highest BCUT2D eigenvalue weighted by atomic mass is 127. The summed E-state index contributed by atoms with van der Waals surface area (Å²) in [6.07, 6.45) is 6.32. The van der Waals surface area contributed by atoms with Crippen molar-refractivity contribution >= 4 is 35.0 Å². The van der Waals surface area contributed by atoms with E-state index in [1.165, 1.54) is 0 Å². The number of carbonyl (C=O) groups excluding carboxylic acids is 1. The molecule has 1 aromatic carbocycles. The van der Waals surface area contributed by atoms with E-state index in [1.807, 2.05) is 46.9 Å². The average molecular weight is 392 g/mol. The lowest BCUT2D eigenvalue weighted by molar-refractivity contribution is -0.104. The first kappa shape index (κ1) is 17.3. The number of hydrogen-bond donors (Lipinski definition) is 0. The number of benzene rings is 1. The molecule has 0 spiro atoms. The Labute approximate surface area is 140 Å². The molecule has 0 aromatic heterocycles. The van der Waals surface area contributed by atoms with Gasteiger partial charge >= 0.3 is 0 Å². The Bertz CT molecular complexity index is 592. The lowest BCUT2D eigenvalue weighted by Gasteiger charge is -1.99. The molecule has 0 bridgehead atoms. The second kappa shape index (κ2) is 11.0. The third kappa shape index (κ3) is 7.58. The summed E-state index contributed by atoms with van der Waals surface area (Å²) in [5.74, 6) is 9.75. The first-order valence-corrected chi connectivity index (χ1v) is 7.76. The molecule has 0 aliphatic rings. The average Bonchev–Trinajstić information content (AvgIpc) is 2.53. The first-order valence-electron chi connectivity index (χ1n) is 6.68. The summed E-state index contributed by atoms with van der Waals surface area (Å²) in [5.41, 5.74) is 1.43. The minimum Gasteiger partial charge on any atom is -0.497 e. The van der Waals surface area contributed by atoms with E-state index >= 15 is 0 Å². The normalized spacial score (nSPS) is 9.90. The number of ether oxygens (including phenoxy) is 1. The van der Waals surface area contributed by atoms with Crippen LogP contribution in [0.2, 0.25) is 0 Å². The largest absolute Gasteiger partial charge is 0.497 e. The molecule has 0 N–H and O–H groups in total. The predicted octanol–water partition coefficient (Wildman–Crippen LogP) is 4.24. The highest BCUT2D eigenvalue weighted by molar-refractivity contribution is 14.1. The Morgan fingerprint density at radius 3 is 2.43 bits per heavy atom. The maximum absolute atomic E-state index is 11.0. The molecule has 0 heterocycles. The number of unbranched alkanes of at least 4 members (excludes halogenated alkanes) is 3. The summed E-state index contributed by atoms with van der Waals surface area (Å²) >= 11 is 2.04. The molecule has 2 nitrogen and oxygen atoms in total. The van der Waals surface area contributed by atoms with E-state index in [0.717, 1.165) is 43.3 Å². The molecule has 0 saturated heterocycles. The lowest BCUT2D eigenvalue weighted by atomic mass is 10.1. The van der Waals surface area contributed by atoms with E-state index in [-0.39, 0.29) is 0 Å². The van der Waals surface area contributed by atoms with E-state index in [1.54, 1.807) is 13.2 Å². The zero-order valence-electron chi connectivity index (χ0n) is 12.0. The molecule has 0 amide bonds. The summed E-state index contributed by atoms with van der Waals surface area (Å²) in [5, 5.41) is 0. The molecule has 0 unspecified atom stereocenters. The Morgan fingerprint density at radius 2 is 1.86 bits per heavy atom. The first-order chi connectivity index (χ1) is 10.3. The summed E-state index contributed by atoms with van der Waals surface area (Å²) in [7, 11) is 1.62. The van der Waals surface area contributed by atoms with Crippen LogP contribution in [0.25, 0.3) is 6.08 Å². The highest BCUT2D eigenvalue weighted by Crippen LogP contribution is 2.13. The molecule has 1 aromatic rings. The van der Waals surface area contributed by atoms with E-state index in [0.29, 0.717) is 5.57 Å². The zero-order valence-corrected chi connectivity index (χ0v) is 14.1. The molecule has 0 fully saturated rings. The van der Waals surface area contributed by atoms with Crippen LogP contribution in [0.15, 0.2) is 29.8 Å². The monoisotopic (exact) mass is 392 g/mol. The van der Waals surface area contributed by atoms with Crippen LogP contribution in [0, 0.1) is 21.7 Å². The number of methoxy groups -OCH3 is 1. The molecule has 0 radical (unpaired) electrons. The van der Waals surface area contributed by atoms with Crippen LogP contribution in [0.1, 0.15) is 31.2 Å². The Morgan fingerprint density at radius 1 is 1.19 bits per heavy atom. The van der Waals surface area contributed by atoms with Crippen LogP contribution >= 0.6 is 22.6 Å².